The summed E-state index contributed by atoms with van der Waals surface area (Å²) in [5.41, 5.74) is 2.93. The molecule has 1 amide bonds. The van der Waals surface area contributed by atoms with E-state index in [1.807, 2.05) is 17.0 Å². The fourth-order valence-corrected chi connectivity index (χ4v) is 4.75. The number of carbonyl (C=O) groups is 1. The van der Waals surface area contributed by atoms with E-state index in [2.05, 4.69) is 14.9 Å². The summed E-state index contributed by atoms with van der Waals surface area (Å²) in [4.78, 5) is 24.6. The lowest BCUT2D eigenvalue weighted by molar-refractivity contribution is -0.135. The predicted octanol–water partition coefficient (Wildman–Crippen LogP) is 4.86. The van der Waals surface area contributed by atoms with E-state index in [0.717, 1.165) is 68.6 Å². The Morgan fingerprint density at radius 2 is 1.83 bits per heavy atom. The van der Waals surface area contributed by atoms with Gasteiger partial charge < -0.3 is 14.8 Å². The Morgan fingerprint density at radius 3 is 2.60 bits per heavy atom. The van der Waals surface area contributed by atoms with Gasteiger partial charge in [0, 0.05) is 42.8 Å². The molecule has 0 unspecified atom stereocenters. The van der Waals surface area contributed by atoms with E-state index >= 15 is 0 Å². The Hall–Kier alpha value is -2.60. The number of likely N-dealkylation sites (tertiary alicyclic amines) is 1. The maximum Gasteiger partial charge on any atom is 0.225 e. The number of benzene rings is 2. The number of hydrogen-bond donors (Lipinski definition) is 1. The molecule has 0 spiro atoms. The van der Waals surface area contributed by atoms with Crippen molar-refractivity contribution in [2.24, 2.45) is 5.92 Å². The summed E-state index contributed by atoms with van der Waals surface area (Å²) >= 11 is 6.05. The monoisotopic (exact) mass is 426 g/mol. The lowest BCUT2D eigenvalue weighted by Crippen LogP contribution is -2.41. The third-order valence-electron chi connectivity index (χ3n) is 6.28. The molecule has 0 atom stereocenters. The fraction of sp³-hybridized carbons (Fsp3) is 0.391. The van der Waals surface area contributed by atoms with Gasteiger partial charge in [0.05, 0.1) is 16.6 Å². The molecule has 1 N–H and O–H groups in total. The van der Waals surface area contributed by atoms with Gasteiger partial charge in [-0.05, 0) is 62.1 Å². The number of rotatable bonds is 3. The molecule has 7 heteroatoms. The topological polar surface area (TPSA) is 52.2 Å². The van der Waals surface area contributed by atoms with Gasteiger partial charge in [-0.15, -0.1) is 0 Å². The molecule has 5 nitrogen and oxygen atoms in total. The quantitative estimate of drug-likeness (QED) is 0.650. The molecular formula is C23H24ClFN4O. The molecule has 0 saturated carbocycles. The highest BCUT2D eigenvalue weighted by molar-refractivity contribution is 6.31. The molecule has 3 heterocycles. The number of hydrogen-bond acceptors (Lipinski definition) is 3. The number of aromatic nitrogens is 2. The summed E-state index contributed by atoms with van der Waals surface area (Å²) in [6.45, 7) is 3.41. The second-order valence-corrected chi connectivity index (χ2v) is 8.64. The molecular weight excluding hydrogens is 403 g/mol. The van der Waals surface area contributed by atoms with Gasteiger partial charge in [0.25, 0.3) is 0 Å². The Bertz CT molecular complexity index is 1080. The lowest BCUT2D eigenvalue weighted by atomic mass is 9.95. The van der Waals surface area contributed by atoms with E-state index in [-0.39, 0.29) is 11.7 Å². The number of anilines is 1. The first-order chi connectivity index (χ1) is 14.6. The first kappa shape index (κ1) is 19.4. The van der Waals surface area contributed by atoms with Crippen molar-refractivity contribution in [1.29, 1.82) is 0 Å². The van der Waals surface area contributed by atoms with Crippen molar-refractivity contribution in [2.75, 3.05) is 31.1 Å². The first-order valence-corrected chi connectivity index (χ1v) is 11.0. The fourth-order valence-electron chi connectivity index (χ4n) is 4.58. The highest BCUT2D eigenvalue weighted by Gasteiger charge is 2.30. The van der Waals surface area contributed by atoms with E-state index in [9.17, 15) is 9.18 Å². The van der Waals surface area contributed by atoms with Crippen LogP contribution in [0.15, 0.2) is 36.4 Å². The van der Waals surface area contributed by atoms with E-state index < -0.39 is 0 Å². The van der Waals surface area contributed by atoms with Crippen LogP contribution >= 0.6 is 11.6 Å². The maximum absolute atomic E-state index is 14.6. The average molecular weight is 427 g/mol. The van der Waals surface area contributed by atoms with Crippen molar-refractivity contribution < 1.29 is 9.18 Å². The summed E-state index contributed by atoms with van der Waals surface area (Å²) in [6.07, 6.45) is 3.92. The smallest absolute Gasteiger partial charge is 0.225 e. The predicted molar refractivity (Wildman–Crippen MR) is 117 cm³/mol. The summed E-state index contributed by atoms with van der Waals surface area (Å²) in [6, 6.07) is 10.5. The summed E-state index contributed by atoms with van der Waals surface area (Å²) < 4.78 is 14.6. The van der Waals surface area contributed by atoms with Crippen molar-refractivity contribution in [3.8, 4) is 11.4 Å². The Balaban J connectivity index is 1.34. The molecule has 3 aromatic rings. The van der Waals surface area contributed by atoms with E-state index in [0.29, 0.717) is 22.3 Å². The van der Waals surface area contributed by atoms with Crippen LogP contribution in [0.5, 0.6) is 0 Å². The number of nitrogens with one attached hydrogen (secondary N) is 1. The number of piperidine rings is 1. The van der Waals surface area contributed by atoms with Gasteiger partial charge in [-0.25, -0.2) is 9.37 Å². The third kappa shape index (κ3) is 3.65. The van der Waals surface area contributed by atoms with Crippen LogP contribution in [-0.4, -0.2) is 47.0 Å². The number of halogens is 2. The van der Waals surface area contributed by atoms with Crippen LogP contribution in [0.3, 0.4) is 0 Å². The van der Waals surface area contributed by atoms with Crippen LogP contribution in [-0.2, 0) is 4.79 Å². The van der Waals surface area contributed by atoms with Gasteiger partial charge >= 0.3 is 0 Å². The van der Waals surface area contributed by atoms with E-state index in [1.54, 1.807) is 18.2 Å². The minimum absolute atomic E-state index is 0.111. The first-order valence-electron chi connectivity index (χ1n) is 10.6. The van der Waals surface area contributed by atoms with Gasteiger partial charge in [-0.2, -0.15) is 0 Å². The maximum atomic E-state index is 14.6. The van der Waals surface area contributed by atoms with E-state index in [1.165, 1.54) is 6.07 Å². The molecule has 2 aromatic carbocycles. The number of H-pyrrole nitrogens is 1. The molecule has 0 radical (unpaired) electrons. The third-order valence-corrected chi connectivity index (χ3v) is 6.51. The highest BCUT2D eigenvalue weighted by atomic mass is 35.5. The molecule has 1 aromatic heterocycles. The van der Waals surface area contributed by atoms with Crippen LogP contribution in [0.2, 0.25) is 5.02 Å². The second-order valence-electron chi connectivity index (χ2n) is 8.20. The lowest BCUT2D eigenvalue weighted by Gasteiger charge is -2.34. The van der Waals surface area contributed by atoms with E-state index in [4.69, 9.17) is 11.6 Å². The minimum Gasteiger partial charge on any atom is -0.371 e. The number of carbonyl (C=O) groups excluding carboxylic acids is 1. The molecule has 30 heavy (non-hydrogen) atoms. The van der Waals surface area contributed by atoms with Crippen molar-refractivity contribution in [1.82, 2.24) is 14.9 Å². The second kappa shape index (κ2) is 7.91. The SMILES string of the molecule is O=C(C1CCN(c2ccc(F)c(-c3nc4ccc(Cl)cc4[nH]3)c2)CC1)N1CCCC1. The number of amides is 1. The van der Waals surface area contributed by atoms with Crippen molar-refractivity contribution in [3.63, 3.8) is 0 Å². The van der Waals surface area contributed by atoms with Crippen LogP contribution in [0.25, 0.3) is 22.4 Å². The van der Waals surface area contributed by atoms with Gasteiger partial charge in [0.15, 0.2) is 0 Å². The zero-order valence-corrected chi connectivity index (χ0v) is 17.5. The number of aromatic amines is 1. The van der Waals surface area contributed by atoms with Gasteiger partial charge in [-0.1, -0.05) is 11.6 Å². The molecule has 2 aliphatic rings. The average Bonchev–Trinajstić information content (AvgIpc) is 3.43. The summed E-state index contributed by atoms with van der Waals surface area (Å²) in [5.74, 6) is 0.598. The number of fused-ring (bicyclic) bond motifs is 1. The van der Waals surface area contributed by atoms with Crippen LogP contribution in [0.1, 0.15) is 25.7 Å². The zero-order chi connectivity index (χ0) is 20.7. The molecule has 156 valence electrons. The Labute approximate surface area is 179 Å². The Morgan fingerprint density at radius 1 is 1.07 bits per heavy atom. The van der Waals surface area contributed by atoms with Crippen molar-refractivity contribution in [2.45, 2.75) is 25.7 Å². The largest absolute Gasteiger partial charge is 0.371 e. The molecule has 2 aliphatic heterocycles. The normalized spacial score (nSPS) is 17.8. The molecule has 2 saturated heterocycles. The van der Waals surface area contributed by atoms with Gasteiger partial charge in [0.2, 0.25) is 5.91 Å². The number of nitrogens with zero attached hydrogens (tertiary/aromatic N) is 3. The standard InChI is InChI=1S/C23H24ClFN4O/c24-16-3-6-20-21(13-16)27-22(26-20)18-14-17(4-5-19(18)25)28-11-7-15(8-12-28)23(30)29-9-1-2-10-29/h3-6,13-15H,1-2,7-12H2,(H,26,27). The van der Waals surface area contributed by atoms with Crippen LogP contribution < -0.4 is 4.90 Å². The van der Waals surface area contributed by atoms with Crippen LogP contribution in [0, 0.1) is 11.7 Å². The molecule has 0 aliphatic carbocycles. The highest BCUT2D eigenvalue weighted by Crippen LogP contribution is 2.31. The molecule has 0 bridgehead atoms. The van der Waals surface area contributed by atoms with Crippen LogP contribution in [0.4, 0.5) is 10.1 Å². The minimum atomic E-state index is -0.317. The molecule has 5 rings (SSSR count). The van der Waals surface area contributed by atoms with Crippen molar-refractivity contribution in [3.05, 3.63) is 47.2 Å². The van der Waals surface area contributed by atoms with Gasteiger partial charge in [0.1, 0.15) is 11.6 Å². The van der Waals surface area contributed by atoms with Crippen molar-refractivity contribution >= 4 is 34.2 Å². The Kier molecular flexibility index (Phi) is 5.11. The molecule has 2 fully saturated rings. The summed E-state index contributed by atoms with van der Waals surface area (Å²) in [5, 5.41) is 0.610. The number of imidazole rings is 1. The summed E-state index contributed by atoms with van der Waals surface area (Å²) in [7, 11) is 0. The zero-order valence-electron chi connectivity index (χ0n) is 16.7. The van der Waals surface area contributed by atoms with Gasteiger partial charge in [-0.3, -0.25) is 4.79 Å².